The number of aliphatic carboxylic acids is 1. The zero-order valence-corrected chi connectivity index (χ0v) is 48.0. The molecule has 0 spiro atoms. The van der Waals surface area contributed by atoms with Crippen LogP contribution in [0.15, 0.2) is 109 Å². The number of ether oxygens (including phenoxy) is 4. The molecule has 0 aromatic carbocycles. The number of carbonyl (C=O) groups excluding carboxylic acids is 2. The highest BCUT2D eigenvalue weighted by molar-refractivity contribution is 5.71. The molecule has 0 saturated heterocycles. The van der Waals surface area contributed by atoms with Gasteiger partial charge >= 0.3 is 17.9 Å². The Labute approximate surface area is 454 Å². The molecule has 0 amide bonds. The van der Waals surface area contributed by atoms with Crippen LogP contribution in [0.2, 0.25) is 0 Å². The Morgan fingerprint density at radius 3 is 1.15 bits per heavy atom. The molecule has 0 aliphatic heterocycles. The minimum atomic E-state index is -1.51. The van der Waals surface area contributed by atoms with E-state index in [4.69, 9.17) is 18.9 Å². The predicted octanol–water partition coefficient (Wildman–Crippen LogP) is 17.5. The van der Waals surface area contributed by atoms with E-state index in [0.29, 0.717) is 23.9 Å². The molecule has 9 nitrogen and oxygen atoms in total. The highest BCUT2D eigenvalue weighted by Crippen LogP contribution is 2.15. The van der Waals surface area contributed by atoms with Crippen LogP contribution in [-0.4, -0.2) is 87.4 Å². The molecule has 9 heteroatoms. The van der Waals surface area contributed by atoms with Crippen LogP contribution in [0, 0.1) is 0 Å². The van der Waals surface area contributed by atoms with Gasteiger partial charge in [-0.1, -0.05) is 239 Å². The summed E-state index contributed by atoms with van der Waals surface area (Å²) in [6.07, 6.45) is 73.2. The van der Waals surface area contributed by atoms with Crippen molar-refractivity contribution in [1.29, 1.82) is 0 Å². The second-order valence-corrected chi connectivity index (χ2v) is 20.6. The van der Waals surface area contributed by atoms with Crippen LogP contribution in [0.3, 0.4) is 0 Å². The van der Waals surface area contributed by atoms with Crippen LogP contribution in [0.1, 0.15) is 226 Å². The molecule has 1 N–H and O–H groups in total. The highest BCUT2D eigenvalue weighted by atomic mass is 16.7. The zero-order chi connectivity index (χ0) is 54.1. The summed E-state index contributed by atoms with van der Waals surface area (Å²) >= 11 is 0. The van der Waals surface area contributed by atoms with Crippen LogP contribution in [0.5, 0.6) is 0 Å². The molecule has 0 saturated carbocycles. The Kier molecular flexibility index (Phi) is 52.2. The van der Waals surface area contributed by atoms with Crippen molar-refractivity contribution in [3.05, 3.63) is 109 Å². The average molecular weight is 1030 g/mol. The maximum Gasteiger partial charge on any atom is 0.361 e. The fraction of sp³-hybridized carbons (Fsp3) is 0.677. The summed E-state index contributed by atoms with van der Waals surface area (Å²) in [6, 6.07) is 0. The van der Waals surface area contributed by atoms with Gasteiger partial charge < -0.3 is 28.5 Å². The monoisotopic (exact) mass is 1030 g/mol. The Balaban J connectivity index is 4.16. The van der Waals surface area contributed by atoms with Crippen molar-refractivity contribution >= 4 is 17.9 Å². The molecule has 0 radical (unpaired) electrons. The first-order valence-corrected chi connectivity index (χ1v) is 29.6. The molecular weight excluding hydrogens is 923 g/mol. The molecule has 422 valence electrons. The van der Waals surface area contributed by atoms with Gasteiger partial charge in [0.25, 0.3) is 6.29 Å². The molecule has 0 aliphatic rings. The molecule has 0 aromatic heterocycles. The molecular formula is C65H110NO8+. The van der Waals surface area contributed by atoms with Crippen molar-refractivity contribution in [3.63, 3.8) is 0 Å². The minimum absolute atomic E-state index is 0.183. The number of rotatable bonds is 53. The van der Waals surface area contributed by atoms with Crippen LogP contribution in [0.25, 0.3) is 0 Å². The smallest absolute Gasteiger partial charge is 0.361 e. The summed E-state index contributed by atoms with van der Waals surface area (Å²) in [4.78, 5) is 37.3. The van der Waals surface area contributed by atoms with E-state index in [0.717, 1.165) is 103 Å². The summed E-state index contributed by atoms with van der Waals surface area (Å²) in [5.74, 6) is -2.02. The van der Waals surface area contributed by atoms with Gasteiger partial charge in [0.15, 0.2) is 6.10 Å². The highest BCUT2D eigenvalue weighted by Gasteiger charge is 2.25. The lowest BCUT2D eigenvalue weighted by Crippen LogP contribution is -2.40. The first kappa shape index (κ1) is 70.0. The Bertz CT molecular complexity index is 1580. The quantitative estimate of drug-likeness (QED) is 0.0211. The lowest BCUT2D eigenvalue weighted by Gasteiger charge is -2.25. The van der Waals surface area contributed by atoms with Crippen molar-refractivity contribution < 1.29 is 42.9 Å². The van der Waals surface area contributed by atoms with Gasteiger partial charge in [0.1, 0.15) is 13.2 Å². The number of likely N-dealkylation sites (N-methyl/N-ethyl adjacent to an activating group) is 1. The molecule has 0 aliphatic carbocycles. The number of nitrogens with zero attached hydrogens (tertiary/aromatic N) is 1. The van der Waals surface area contributed by atoms with E-state index in [2.05, 4.69) is 123 Å². The third-order valence-electron chi connectivity index (χ3n) is 12.3. The third-order valence-corrected chi connectivity index (χ3v) is 12.3. The Morgan fingerprint density at radius 2 is 0.770 bits per heavy atom. The van der Waals surface area contributed by atoms with E-state index in [1.165, 1.54) is 89.9 Å². The lowest BCUT2D eigenvalue weighted by atomic mass is 10.0. The van der Waals surface area contributed by atoms with E-state index < -0.39 is 24.3 Å². The first-order chi connectivity index (χ1) is 36.1. The van der Waals surface area contributed by atoms with Crippen LogP contribution >= 0.6 is 0 Å². The van der Waals surface area contributed by atoms with Crippen LogP contribution in [-0.2, 0) is 33.3 Å². The number of unbranched alkanes of at least 4 members (excludes halogenated alkanes) is 20. The summed E-state index contributed by atoms with van der Waals surface area (Å²) in [6.45, 7) is 4.74. The zero-order valence-electron chi connectivity index (χ0n) is 48.0. The standard InChI is InChI=1S/C65H109NO8/c1-6-8-10-12-14-16-18-20-21-22-23-24-25-26-27-28-29-30-31-32-33-34-35-36-37-38-39-40-41-42-43-44-46-48-50-52-54-56-63(68)74-61(60-73-65(64(69)70)71-58-57-66(3,4)5)59-72-62(67)55-53-51-49-47-45-19-17-15-13-11-9-7-2/h8,10,14,16,20-21,23-24,26-27,29-30,32-33,35-36,38-39,61,65H,6-7,9,11-13,15,17-19,22,25,28,31,34,37,40-60H2,1-5H3/p+1/b10-8-,16-14-,21-20-,24-23-,27-26-,30-29-,33-32-,36-35-,39-38-. The van der Waals surface area contributed by atoms with Crippen LogP contribution in [0.4, 0.5) is 0 Å². The largest absolute Gasteiger partial charge is 0.477 e. The van der Waals surface area contributed by atoms with Gasteiger partial charge in [-0.2, -0.15) is 0 Å². The van der Waals surface area contributed by atoms with Gasteiger partial charge in [-0.25, -0.2) is 4.79 Å². The fourth-order valence-corrected chi connectivity index (χ4v) is 7.77. The van der Waals surface area contributed by atoms with Crippen molar-refractivity contribution in [2.24, 2.45) is 0 Å². The van der Waals surface area contributed by atoms with Gasteiger partial charge in [-0.15, -0.1) is 0 Å². The van der Waals surface area contributed by atoms with Crippen molar-refractivity contribution in [3.8, 4) is 0 Å². The van der Waals surface area contributed by atoms with Crippen molar-refractivity contribution in [2.45, 2.75) is 238 Å². The predicted molar refractivity (Wildman–Crippen MR) is 313 cm³/mol. The SMILES string of the molecule is CC/C=C\C/C=C\C/C=C\C/C=C\C/C=C\C/C=C\C/C=C\C/C=C\C/C=C\CCCCCCCCCCCC(=O)OC(COC(=O)CCCCCCCCCCCCCC)COC(OCC[N+](C)(C)C)C(=O)O. The van der Waals surface area contributed by atoms with Gasteiger partial charge in [0.2, 0.25) is 0 Å². The number of carbonyl (C=O) groups is 3. The third kappa shape index (κ3) is 55.7. The van der Waals surface area contributed by atoms with Crippen molar-refractivity contribution in [2.75, 3.05) is 47.5 Å². The summed E-state index contributed by atoms with van der Waals surface area (Å²) < 4.78 is 22.8. The van der Waals surface area contributed by atoms with Crippen molar-refractivity contribution in [1.82, 2.24) is 0 Å². The summed E-state index contributed by atoms with van der Waals surface area (Å²) in [5, 5.41) is 9.68. The second kappa shape index (κ2) is 55.2. The number of quaternary nitrogens is 1. The van der Waals surface area contributed by atoms with Gasteiger partial charge in [0, 0.05) is 12.8 Å². The van der Waals surface area contributed by atoms with E-state index in [-0.39, 0.29) is 32.2 Å². The second-order valence-electron chi connectivity index (χ2n) is 20.6. The van der Waals surface area contributed by atoms with E-state index in [1.54, 1.807) is 0 Å². The normalized spacial score (nSPS) is 13.6. The number of allylic oxidation sites excluding steroid dienone is 18. The molecule has 0 bridgehead atoms. The number of carboxylic acid groups (broad SMARTS) is 1. The maximum absolute atomic E-state index is 12.9. The first-order valence-electron chi connectivity index (χ1n) is 29.6. The molecule has 0 aromatic rings. The number of esters is 2. The summed E-state index contributed by atoms with van der Waals surface area (Å²) in [7, 11) is 5.96. The Hall–Kier alpha value is -4.05. The minimum Gasteiger partial charge on any atom is -0.477 e. The molecule has 2 atom stereocenters. The fourth-order valence-electron chi connectivity index (χ4n) is 7.77. The molecule has 0 rings (SSSR count). The molecule has 0 fully saturated rings. The Morgan fingerprint density at radius 1 is 0.419 bits per heavy atom. The topological polar surface area (TPSA) is 108 Å². The number of carboxylic acids is 1. The summed E-state index contributed by atoms with van der Waals surface area (Å²) in [5.41, 5.74) is 0. The van der Waals surface area contributed by atoms with Gasteiger partial charge in [-0.3, -0.25) is 9.59 Å². The molecule has 0 heterocycles. The van der Waals surface area contributed by atoms with Crippen LogP contribution < -0.4 is 0 Å². The lowest BCUT2D eigenvalue weighted by molar-refractivity contribution is -0.870. The van der Waals surface area contributed by atoms with Gasteiger partial charge in [0.05, 0.1) is 34.4 Å². The average Bonchev–Trinajstić information content (AvgIpc) is 3.37. The van der Waals surface area contributed by atoms with Gasteiger partial charge in [-0.05, 0) is 83.5 Å². The number of hydrogen-bond donors (Lipinski definition) is 1. The molecule has 74 heavy (non-hydrogen) atoms. The maximum atomic E-state index is 12.9. The van der Waals surface area contributed by atoms with E-state index in [1.807, 2.05) is 21.1 Å². The van der Waals surface area contributed by atoms with E-state index in [9.17, 15) is 19.5 Å². The number of hydrogen-bond acceptors (Lipinski definition) is 7. The van der Waals surface area contributed by atoms with E-state index >= 15 is 0 Å². The molecule has 2 unspecified atom stereocenters.